The van der Waals surface area contributed by atoms with E-state index in [1.54, 1.807) is 24.3 Å². The highest BCUT2D eigenvalue weighted by molar-refractivity contribution is 6.34. The first kappa shape index (κ1) is 11.5. The number of halogens is 2. The minimum absolute atomic E-state index is 0.306. The molecule has 1 aliphatic rings. The molecule has 0 aliphatic carbocycles. The van der Waals surface area contributed by atoms with Gasteiger partial charge in [0.25, 0.3) is 0 Å². The predicted molar refractivity (Wildman–Crippen MR) is 62.3 cm³/mol. The monoisotopic (exact) mass is 260 g/mol. The van der Waals surface area contributed by atoms with Crippen molar-refractivity contribution in [1.82, 2.24) is 10.9 Å². The Bertz CT molecular complexity index is 403. The molecule has 3 N–H and O–H groups in total. The van der Waals surface area contributed by atoms with Crippen LogP contribution in [0.2, 0.25) is 10.0 Å². The fourth-order valence-corrected chi connectivity index (χ4v) is 1.80. The molecule has 1 unspecified atom stereocenters. The number of benzene rings is 1. The second-order valence-corrected chi connectivity index (χ2v) is 4.17. The molecule has 0 amide bonds. The Kier molecular flexibility index (Phi) is 3.56. The number of hydrogen-bond donors (Lipinski definition) is 3. The van der Waals surface area contributed by atoms with Crippen LogP contribution in [-0.2, 0) is 0 Å². The van der Waals surface area contributed by atoms with E-state index in [2.05, 4.69) is 10.9 Å². The maximum absolute atomic E-state index is 9.14. The average Bonchev–Trinajstić information content (AvgIpc) is 2.60. The number of hydrogen-bond acceptors (Lipinski definition) is 4. The molecular formula is C10H10Cl2N2O2. The molecular weight excluding hydrogens is 251 g/mol. The molecule has 1 aliphatic heterocycles. The quantitative estimate of drug-likeness (QED) is 0.774. The van der Waals surface area contributed by atoms with Gasteiger partial charge in [0.05, 0.1) is 5.70 Å². The third kappa shape index (κ3) is 3.02. The van der Waals surface area contributed by atoms with Crippen molar-refractivity contribution in [1.29, 1.82) is 0 Å². The van der Waals surface area contributed by atoms with E-state index in [4.69, 9.17) is 33.0 Å². The van der Waals surface area contributed by atoms with E-state index in [-0.39, 0.29) is 0 Å². The third-order valence-corrected chi connectivity index (χ3v) is 2.41. The molecule has 86 valence electrons. The molecule has 1 aromatic rings. The summed E-state index contributed by atoms with van der Waals surface area (Å²) in [6, 6.07) is 4.98. The van der Waals surface area contributed by atoms with Gasteiger partial charge in [0.1, 0.15) is 18.6 Å². The van der Waals surface area contributed by atoms with Crippen molar-refractivity contribution in [3.05, 3.63) is 40.0 Å². The Morgan fingerprint density at radius 2 is 1.94 bits per heavy atom. The summed E-state index contributed by atoms with van der Waals surface area (Å²) >= 11 is 11.6. The van der Waals surface area contributed by atoms with Crippen molar-refractivity contribution in [2.75, 3.05) is 6.61 Å². The summed E-state index contributed by atoms with van der Waals surface area (Å²) < 4.78 is 5.45. The van der Waals surface area contributed by atoms with Crippen LogP contribution in [0.25, 0.3) is 0 Å². The SMILES string of the molecule is OC1C=C(COc2cc(Cl)cc(Cl)c2)NN1. The lowest BCUT2D eigenvalue weighted by Gasteiger charge is -2.08. The number of aliphatic hydroxyl groups is 1. The number of hydrazine groups is 1. The highest BCUT2D eigenvalue weighted by atomic mass is 35.5. The highest BCUT2D eigenvalue weighted by Crippen LogP contribution is 2.24. The second-order valence-electron chi connectivity index (χ2n) is 3.30. The standard InChI is InChI=1S/C10H10Cl2N2O2/c11-6-1-7(12)3-9(2-6)16-5-8-4-10(15)14-13-8/h1-4,10,13-15H,5H2. The van der Waals surface area contributed by atoms with Gasteiger partial charge in [0, 0.05) is 10.0 Å². The van der Waals surface area contributed by atoms with Crippen molar-refractivity contribution in [3.63, 3.8) is 0 Å². The van der Waals surface area contributed by atoms with Gasteiger partial charge in [-0.2, -0.15) is 0 Å². The van der Waals surface area contributed by atoms with Gasteiger partial charge in [-0.3, -0.25) is 0 Å². The first-order valence-corrected chi connectivity index (χ1v) is 5.38. The van der Waals surface area contributed by atoms with E-state index < -0.39 is 6.23 Å². The fourth-order valence-electron chi connectivity index (χ4n) is 1.30. The number of nitrogens with one attached hydrogen (secondary N) is 2. The lowest BCUT2D eigenvalue weighted by atomic mass is 10.3. The summed E-state index contributed by atoms with van der Waals surface area (Å²) in [7, 11) is 0. The lowest BCUT2D eigenvalue weighted by Crippen LogP contribution is -2.32. The summed E-state index contributed by atoms with van der Waals surface area (Å²) in [5.74, 6) is 0.585. The first-order chi connectivity index (χ1) is 7.63. The molecule has 0 saturated heterocycles. The van der Waals surface area contributed by atoms with E-state index in [9.17, 15) is 0 Å². The molecule has 0 bridgehead atoms. The number of rotatable bonds is 3. The average molecular weight is 261 g/mol. The van der Waals surface area contributed by atoms with Crippen LogP contribution >= 0.6 is 23.2 Å². The van der Waals surface area contributed by atoms with Gasteiger partial charge in [0.15, 0.2) is 0 Å². The third-order valence-electron chi connectivity index (χ3n) is 1.97. The van der Waals surface area contributed by atoms with E-state index in [0.717, 1.165) is 5.70 Å². The molecule has 0 radical (unpaired) electrons. The van der Waals surface area contributed by atoms with Crippen molar-refractivity contribution < 1.29 is 9.84 Å². The molecule has 0 aromatic heterocycles. The van der Waals surface area contributed by atoms with Crippen molar-refractivity contribution in [3.8, 4) is 5.75 Å². The molecule has 0 saturated carbocycles. The Morgan fingerprint density at radius 1 is 1.25 bits per heavy atom. The Morgan fingerprint density at radius 3 is 2.50 bits per heavy atom. The van der Waals surface area contributed by atoms with Crippen molar-refractivity contribution >= 4 is 23.2 Å². The lowest BCUT2D eigenvalue weighted by molar-refractivity contribution is 0.185. The van der Waals surface area contributed by atoms with Gasteiger partial charge in [-0.1, -0.05) is 23.2 Å². The summed E-state index contributed by atoms with van der Waals surface area (Å²) in [6.45, 7) is 0.306. The van der Waals surface area contributed by atoms with Crippen molar-refractivity contribution in [2.45, 2.75) is 6.23 Å². The van der Waals surface area contributed by atoms with Gasteiger partial charge >= 0.3 is 0 Å². The van der Waals surface area contributed by atoms with Crippen LogP contribution in [-0.4, -0.2) is 17.9 Å². The molecule has 1 aromatic carbocycles. The van der Waals surface area contributed by atoms with Crippen LogP contribution < -0.4 is 15.6 Å². The van der Waals surface area contributed by atoms with E-state index in [0.29, 0.717) is 22.4 Å². The summed E-state index contributed by atoms with van der Waals surface area (Å²) in [6.07, 6.45) is 0.938. The fraction of sp³-hybridized carbons (Fsp3) is 0.200. The van der Waals surface area contributed by atoms with Gasteiger partial charge in [-0.15, -0.1) is 0 Å². The van der Waals surface area contributed by atoms with E-state index >= 15 is 0 Å². The maximum atomic E-state index is 9.14. The van der Waals surface area contributed by atoms with Gasteiger partial charge < -0.3 is 15.3 Å². The van der Waals surface area contributed by atoms with Crippen molar-refractivity contribution in [2.24, 2.45) is 0 Å². The predicted octanol–water partition coefficient (Wildman–Crippen LogP) is 1.68. The molecule has 0 spiro atoms. The maximum Gasteiger partial charge on any atom is 0.142 e. The molecule has 4 nitrogen and oxygen atoms in total. The Balaban J connectivity index is 1.97. The molecule has 16 heavy (non-hydrogen) atoms. The zero-order valence-corrected chi connectivity index (χ0v) is 9.72. The number of aliphatic hydroxyl groups excluding tert-OH is 1. The van der Waals surface area contributed by atoms with Crippen LogP contribution in [0, 0.1) is 0 Å². The summed E-state index contributed by atoms with van der Waals surface area (Å²) in [5, 5.41) is 10.2. The second kappa shape index (κ2) is 4.93. The molecule has 1 atom stereocenters. The van der Waals surface area contributed by atoms with Gasteiger partial charge in [-0.25, -0.2) is 5.43 Å². The van der Waals surface area contributed by atoms with Gasteiger partial charge in [-0.05, 0) is 24.3 Å². The molecule has 2 rings (SSSR count). The van der Waals surface area contributed by atoms with Crippen LogP contribution in [0.1, 0.15) is 0 Å². The largest absolute Gasteiger partial charge is 0.487 e. The zero-order valence-electron chi connectivity index (χ0n) is 8.21. The topological polar surface area (TPSA) is 53.5 Å². The van der Waals surface area contributed by atoms with Gasteiger partial charge in [0.2, 0.25) is 0 Å². The van der Waals surface area contributed by atoms with Crippen LogP contribution in [0.3, 0.4) is 0 Å². The minimum Gasteiger partial charge on any atom is -0.487 e. The van der Waals surface area contributed by atoms with E-state index in [1.165, 1.54) is 0 Å². The Hall–Kier alpha value is -0.940. The minimum atomic E-state index is -0.679. The van der Waals surface area contributed by atoms with E-state index in [1.807, 2.05) is 0 Å². The summed E-state index contributed by atoms with van der Waals surface area (Å²) in [4.78, 5) is 0. The molecule has 6 heteroatoms. The first-order valence-electron chi connectivity index (χ1n) is 4.63. The highest BCUT2D eigenvalue weighted by Gasteiger charge is 2.11. The molecule has 0 fully saturated rings. The number of ether oxygens (including phenoxy) is 1. The molecule has 1 heterocycles. The van der Waals surface area contributed by atoms with Crippen LogP contribution in [0.4, 0.5) is 0 Å². The smallest absolute Gasteiger partial charge is 0.142 e. The normalized spacial score (nSPS) is 19.2. The zero-order chi connectivity index (χ0) is 11.5. The van der Waals surface area contributed by atoms with Crippen LogP contribution in [0.15, 0.2) is 30.0 Å². The summed E-state index contributed by atoms with van der Waals surface area (Å²) in [5.41, 5.74) is 6.14. The van der Waals surface area contributed by atoms with Crippen LogP contribution in [0.5, 0.6) is 5.75 Å². The Labute approximate surface area is 103 Å².